The zero-order valence-electron chi connectivity index (χ0n) is 10.0. The molecule has 0 aliphatic heterocycles. The Balaban J connectivity index is 2.83. The topological polar surface area (TPSA) is 58.2 Å². The van der Waals surface area contributed by atoms with E-state index in [1.54, 1.807) is 24.3 Å². The van der Waals surface area contributed by atoms with Gasteiger partial charge in [-0.25, -0.2) is 13.8 Å². The Kier molecular flexibility index (Phi) is 3.72. The largest absolute Gasteiger partial charge is 0.253 e. The molecule has 4 nitrogen and oxygen atoms in total. The van der Waals surface area contributed by atoms with Gasteiger partial charge in [0.25, 0.3) is 10.0 Å². The molecule has 0 aliphatic rings. The molecular weight excluding hydrogens is 224 g/mol. The Morgan fingerprint density at radius 1 is 1.06 bits per heavy atom. The summed E-state index contributed by atoms with van der Waals surface area (Å²) in [6.45, 7) is 7.55. The second-order valence-electron chi connectivity index (χ2n) is 4.79. The standard InChI is InChI=1S/C11H18N2O2S/c1-9-5-7-10(8-6-9)16(14,15)13-12-11(2,3)4/h5-8,12-13H,1-4H3. The van der Waals surface area contributed by atoms with Crippen LogP contribution in [-0.4, -0.2) is 14.0 Å². The van der Waals surface area contributed by atoms with Gasteiger partial charge in [-0.05, 0) is 39.8 Å². The Labute approximate surface area is 97.1 Å². The summed E-state index contributed by atoms with van der Waals surface area (Å²) in [5, 5.41) is 0. The number of hydrazine groups is 1. The molecule has 1 aromatic carbocycles. The molecule has 5 heteroatoms. The fourth-order valence-corrected chi connectivity index (χ4v) is 2.05. The van der Waals surface area contributed by atoms with Crippen molar-refractivity contribution in [3.05, 3.63) is 29.8 Å². The summed E-state index contributed by atoms with van der Waals surface area (Å²) in [4.78, 5) is 2.62. The van der Waals surface area contributed by atoms with E-state index in [2.05, 4.69) is 10.3 Å². The summed E-state index contributed by atoms with van der Waals surface area (Å²) in [5.41, 5.74) is 3.46. The quantitative estimate of drug-likeness (QED) is 0.791. The summed E-state index contributed by atoms with van der Waals surface area (Å²) < 4.78 is 23.6. The molecular formula is C11H18N2O2S. The zero-order valence-corrected chi connectivity index (χ0v) is 10.9. The van der Waals surface area contributed by atoms with Gasteiger partial charge in [-0.1, -0.05) is 17.7 Å². The van der Waals surface area contributed by atoms with E-state index < -0.39 is 10.0 Å². The van der Waals surface area contributed by atoms with E-state index in [9.17, 15) is 8.42 Å². The SMILES string of the molecule is Cc1ccc(S(=O)(=O)NNC(C)(C)C)cc1. The van der Waals surface area contributed by atoms with Crippen LogP contribution in [0, 0.1) is 6.92 Å². The van der Waals surface area contributed by atoms with Crippen molar-refractivity contribution in [2.24, 2.45) is 0 Å². The molecule has 1 rings (SSSR count). The smallest absolute Gasteiger partial charge is 0.239 e. The van der Waals surface area contributed by atoms with Gasteiger partial charge < -0.3 is 0 Å². The first-order valence-electron chi connectivity index (χ1n) is 5.06. The summed E-state index contributed by atoms with van der Waals surface area (Å²) in [7, 11) is -3.47. The highest BCUT2D eigenvalue weighted by Crippen LogP contribution is 2.09. The number of hydrogen-bond donors (Lipinski definition) is 2. The van der Waals surface area contributed by atoms with Crippen molar-refractivity contribution in [3.8, 4) is 0 Å². The predicted octanol–water partition coefficient (Wildman–Crippen LogP) is 1.58. The number of benzene rings is 1. The highest BCUT2D eigenvalue weighted by atomic mass is 32.2. The third-order valence-electron chi connectivity index (χ3n) is 1.89. The number of hydrogen-bond acceptors (Lipinski definition) is 3. The Hall–Kier alpha value is -0.910. The van der Waals surface area contributed by atoms with Crippen molar-refractivity contribution in [1.82, 2.24) is 10.3 Å². The highest BCUT2D eigenvalue weighted by Gasteiger charge is 2.17. The number of nitrogens with one attached hydrogen (secondary N) is 2. The van der Waals surface area contributed by atoms with E-state index in [1.807, 2.05) is 27.7 Å². The lowest BCUT2D eigenvalue weighted by atomic mass is 10.1. The van der Waals surface area contributed by atoms with Crippen molar-refractivity contribution in [2.75, 3.05) is 0 Å². The van der Waals surface area contributed by atoms with Crippen molar-refractivity contribution in [1.29, 1.82) is 0 Å². The molecule has 0 aromatic heterocycles. The molecule has 16 heavy (non-hydrogen) atoms. The van der Waals surface area contributed by atoms with Crippen LogP contribution in [0.1, 0.15) is 26.3 Å². The number of rotatable bonds is 3. The molecule has 0 saturated heterocycles. The minimum Gasteiger partial charge on any atom is -0.239 e. The highest BCUT2D eigenvalue weighted by molar-refractivity contribution is 7.89. The molecule has 0 radical (unpaired) electrons. The first-order valence-corrected chi connectivity index (χ1v) is 6.55. The van der Waals surface area contributed by atoms with Crippen LogP contribution in [0.4, 0.5) is 0 Å². The van der Waals surface area contributed by atoms with Gasteiger partial charge in [-0.3, -0.25) is 0 Å². The van der Waals surface area contributed by atoms with E-state index in [1.165, 1.54) is 0 Å². The average Bonchev–Trinajstić information content (AvgIpc) is 2.15. The Morgan fingerprint density at radius 2 is 1.56 bits per heavy atom. The zero-order chi connectivity index (χ0) is 12.4. The maximum atomic E-state index is 11.8. The third kappa shape index (κ3) is 3.92. The van der Waals surface area contributed by atoms with Crippen LogP contribution in [0.15, 0.2) is 29.2 Å². The van der Waals surface area contributed by atoms with E-state index in [4.69, 9.17) is 0 Å². The monoisotopic (exact) mass is 242 g/mol. The lowest BCUT2D eigenvalue weighted by Gasteiger charge is -2.20. The van der Waals surface area contributed by atoms with Gasteiger partial charge in [0.2, 0.25) is 0 Å². The first-order chi connectivity index (χ1) is 7.21. The third-order valence-corrected chi connectivity index (χ3v) is 3.16. The van der Waals surface area contributed by atoms with Crippen LogP contribution in [-0.2, 0) is 10.0 Å². The molecule has 0 heterocycles. The summed E-state index contributed by atoms with van der Waals surface area (Å²) in [6.07, 6.45) is 0. The molecule has 0 spiro atoms. The minimum absolute atomic E-state index is 0.259. The van der Waals surface area contributed by atoms with Gasteiger partial charge in [0.05, 0.1) is 4.90 Å². The summed E-state index contributed by atoms with van der Waals surface area (Å²) in [6, 6.07) is 6.71. The lowest BCUT2D eigenvalue weighted by molar-refractivity contribution is 0.402. The van der Waals surface area contributed by atoms with Crippen LogP contribution >= 0.6 is 0 Å². The van der Waals surface area contributed by atoms with Crippen LogP contribution in [0.5, 0.6) is 0 Å². The van der Waals surface area contributed by atoms with Gasteiger partial charge in [-0.15, -0.1) is 4.83 Å². The predicted molar refractivity (Wildman–Crippen MR) is 64.4 cm³/mol. The van der Waals surface area contributed by atoms with Gasteiger partial charge in [0.1, 0.15) is 0 Å². The molecule has 0 bridgehead atoms. The molecule has 0 aliphatic carbocycles. The minimum atomic E-state index is -3.47. The Bertz CT molecular complexity index is 444. The summed E-state index contributed by atoms with van der Waals surface area (Å²) in [5.74, 6) is 0. The van der Waals surface area contributed by atoms with Crippen LogP contribution in [0.2, 0.25) is 0 Å². The molecule has 1 aromatic rings. The molecule has 0 amide bonds. The normalized spacial score (nSPS) is 12.8. The van der Waals surface area contributed by atoms with Crippen molar-refractivity contribution >= 4 is 10.0 Å². The lowest BCUT2D eigenvalue weighted by Crippen LogP contribution is -2.48. The second-order valence-corrected chi connectivity index (χ2v) is 6.48. The number of aryl methyl sites for hydroxylation is 1. The number of sulfonamides is 1. The molecule has 0 atom stereocenters. The van der Waals surface area contributed by atoms with Crippen molar-refractivity contribution < 1.29 is 8.42 Å². The van der Waals surface area contributed by atoms with Gasteiger partial charge >= 0.3 is 0 Å². The summed E-state index contributed by atoms with van der Waals surface area (Å²) >= 11 is 0. The molecule has 2 N–H and O–H groups in total. The van der Waals surface area contributed by atoms with Crippen molar-refractivity contribution in [2.45, 2.75) is 38.1 Å². The van der Waals surface area contributed by atoms with E-state index in [0.29, 0.717) is 0 Å². The fourth-order valence-electron chi connectivity index (χ4n) is 0.997. The van der Waals surface area contributed by atoms with Crippen LogP contribution < -0.4 is 10.3 Å². The maximum Gasteiger partial charge on any atom is 0.253 e. The maximum absolute atomic E-state index is 11.8. The van der Waals surface area contributed by atoms with Gasteiger partial charge in [-0.2, -0.15) is 0 Å². The van der Waals surface area contributed by atoms with E-state index in [-0.39, 0.29) is 10.4 Å². The molecule has 0 fully saturated rings. The molecule has 0 saturated carbocycles. The van der Waals surface area contributed by atoms with E-state index in [0.717, 1.165) is 5.56 Å². The van der Waals surface area contributed by atoms with Crippen LogP contribution in [0.3, 0.4) is 0 Å². The second kappa shape index (κ2) is 4.53. The average molecular weight is 242 g/mol. The molecule has 0 unspecified atom stereocenters. The first kappa shape index (κ1) is 13.2. The van der Waals surface area contributed by atoms with Gasteiger partial charge in [0, 0.05) is 5.54 Å². The van der Waals surface area contributed by atoms with Crippen molar-refractivity contribution in [3.63, 3.8) is 0 Å². The fraction of sp³-hybridized carbons (Fsp3) is 0.455. The van der Waals surface area contributed by atoms with Gasteiger partial charge in [0.15, 0.2) is 0 Å². The van der Waals surface area contributed by atoms with E-state index >= 15 is 0 Å². The van der Waals surface area contributed by atoms with Crippen LogP contribution in [0.25, 0.3) is 0 Å². The molecule has 90 valence electrons. The Morgan fingerprint density at radius 3 is 2.00 bits per heavy atom.